The Labute approximate surface area is 62.3 Å². The molecule has 0 fully saturated rings. The standard InChI is InChI=1S/C5H6N2O2S/c1-6-4(8)2-3-7(10)5(6)9/h2-3,10H,1H3. The predicted molar refractivity (Wildman–Crippen MR) is 40.3 cm³/mol. The highest BCUT2D eigenvalue weighted by molar-refractivity contribution is 7.78. The van der Waals surface area contributed by atoms with Gasteiger partial charge >= 0.3 is 5.69 Å². The summed E-state index contributed by atoms with van der Waals surface area (Å²) in [5.74, 6) is 0. The third kappa shape index (κ3) is 0.995. The molecule has 1 heterocycles. The van der Waals surface area contributed by atoms with Gasteiger partial charge in [0.1, 0.15) is 0 Å². The van der Waals surface area contributed by atoms with Crippen LogP contribution in [0, 0.1) is 0 Å². The van der Waals surface area contributed by atoms with E-state index in [0.29, 0.717) is 0 Å². The minimum Gasteiger partial charge on any atom is -0.269 e. The van der Waals surface area contributed by atoms with Gasteiger partial charge in [0.05, 0.1) is 0 Å². The molecule has 0 saturated carbocycles. The summed E-state index contributed by atoms with van der Waals surface area (Å²) in [5, 5.41) is 0. The summed E-state index contributed by atoms with van der Waals surface area (Å²) in [6.45, 7) is 0. The van der Waals surface area contributed by atoms with Crippen LogP contribution in [-0.2, 0) is 7.05 Å². The van der Waals surface area contributed by atoms with Crippen molar-refractivity contribution in [1.29, 1.82) is 0 Å². The van der Waals surface area contributed by atoms with E-state index in [1.165, 1.54) is 19.3 Å². The molecule has 0 aromatic carbocycles. The second-order valence-electron chi connectivity index (χ2n) is 1.84. The van der Waals surface area contributed by atoms with Crippen LogP contribution >= 0.6 is 12.8 Å². The maximum atomic E-state index is 10.8. The zero-order chi connectivity index (χ0) is 7.72. The highest BCUT2D eigenvalue weighted by atomic mass is 32.1. The first kappa shape index (κ1) is 7.14. The van der Waals surface area contributed by atoms with E-state index >= 15 is 0 Å². The molecule has 0 bridgehead atoms. The number of aromatic nitrogens is 2. The Morgan fingerprint density at radius 2 is 2.10 bits per heavy atom. The first-order chi connectivity index (χ1) is 4.63. The Balaban J connectivity index is 3.66. The highest BCUT2D eigenvalue weighted by Gasteiger charge is 1.94. The van der Waals surface area contributed by atoms with E-state index < -0.39 is 5.69 Å². The molecule has 1 rings (SSSR count). The van der Waals surface area contributed by atoms with Crippen LogP contribution in [0.15, 0.2) is 21.9 Å². The van der Waals surface area contributed by atoms with Crippen molar-refractivity contribution in [2.24, 2.45) is 7.05 Å². The van der Waals surface area contributed by atoms with Gasteiger partial charge in [0, 0.05) is 19.3 Å². The lowest BCUT2D eigenvalue weighted by atomic mass is 10.6. The van der Waals surface area contributed by atoms with Gasteiger partial charge in [0.2, 0.25) is 0 Å². The summed E-state index contributed by atoms with van der Waals surface area (Å²) in [6.07, 6.45) is 1.31. The van der Waals surface area contributed by atoms with Crippen molar-refractivity contribution in [3.63, 3.8) is 0 Å². The third-order valence-electron chi connectivity index (χ3n) is 1.17. The minimum atomic E-state index is -0.434. The highest BCUT2D eigenvalue weighted by Crippen LogP contribution is 1.75. The molecular formula is C5H6N2O2S. The molecule has 0 spiro atoms. The minimum absolute atomic E-state index is 0.324. The predicted octanol–water partition coefficient (Wildman–Crippen LogP) is -0.760. The SMILES string of the molecule is Cn1c(=O)ccn(S)c1=O. The maximum absolute atomic E-state index is 10.8. The summed E-state index contributed by atoms with van der Waals surface area (Å²) in [6, 6.07) is 1.27. The monoisotopic (exact) mass is 158 g/mol. The molecule has 0 atom stereocenters. The Bertz CT molecular complexity index is 351. The van der Waals surface area contributed by atoms with Crippen LogP contribution in [0.1, 0.15) is 0 Å². The van der Waals surface area contributed by atoms with E-state index in [2.05, 4.69) is 12.8 Å². The molecule has 0 radical (unpaired) electrons. The molecule has 0 unspecified atom stereocenters. The van der Waals surface area contributed by atoms with Crippen molar-refractivity contribution < 1.29 is 0 Å². The number of rotatable bonds is 0. The first-order valence-electron chi connectivity index (χ1n) is 2.61. The fourth-order valence-electron chi connectivity index (χ4n) is 0.558. The fraction of sp³-hybridized carbons (Fsp3) is 0.200. The van der Waals surface area contributed by atoms with Crippen molar-refractivity contribution in [3.05, 3.63) is 33.1 Å². The van der Waals surface area contributed by atoms with Crippen molar-refractivity contribution in [2.75, 3.05) is 0 Å². The Morgan fingerprint density at radius 3 is 2.60 bits per heavy atom. The van der Waals surface area contributed by atoms with Crippen molar-refractivity contribution in [3.8, 4) is 0 Å². The normalized spacial score (nSPS) is 9.80. The van der Waals surface area contributed by atoms with Crippen molar-refractivity contribution >= 4 is 12.8 Å². The lowest BCUT2D eigenvalue weighted by molar-refractivity contribution is 0.762. The van der Waals surface area contributed by atoms with Crippen LogP contribution in [-0.4, -0.2) is 8.54 Å². The molecule has 0 N–H and O–H groups in total. The van der Waals surface area contributed by atoms with Crippen LogP contribution in [0.3, 0.4) is 0 Å². The summed E-state index contributed by atoms with van der Waals surface area (Å²) in [5.41, 5.74) is -0.758. The van der Waals surface area contributed by atoms with Gasteiger partial charge < -0.3 is 0 Å². The second kappa shape index (κ2) is 2.34. The van der Waals surface area contributed by atoms with Crippen molar-refractivity contribution in [2.45, 2.75) is 0 Å². The maximum Gasteiger partial charge on any atom is 0.340 e. The zero-order valence-corrected chi connectivity index (χ0v) is 6.21. The number of hydrogen-bond donors (Lipinski definition) is 1. The van der Waals surface area contributed by atoms with E-state index in [9.17, 15) is 9.59 Å². The summed E-state index contributed by atoms with van der Waals surface area (Å²) in [7, 11) is 1.40. The van der Waals surface area contributed by atoms with Gasteiger partial charge in [-0.15, -0.1) is 0 Å². The van der Waals surface area contributed by atoms with Crippen LogP contribution in [0.25, 0.3) is 0 Å². The van der Waals surface area contributed by atoms with Gasteiger partial charge in [-0.05, 0) is 0 Å². The van der Waals surface area contributed by atoms with E-state index in [0.717, 1.165) is 8.54 Å². The van der Waals surface area contributed by atoms with Gasteiger partial charge in [0.25, 0.3) is 5.56 Å². The largest absolute Gasteiger partial charge is 0.340 e. The average molecular weight is 158 g/mol. The van der Waals surface area contributed by atoms with E-state index in [4.69, 9.17) is 0 Å². The van der Waals surface area contributed by atoms with E-state index in [-0.39, 0.29) is 5.56 Å². The average Bonchev–Trinajstić information content (AvgIpc) is 1.93. The fourth-order valence-corrected chi connectivity index (χ4v) is 0.759. The molecule has 0 saturated heterocycles. The molecule has 1 aromatic heterocycles. The molecule has 54 valence electrons. The summed E-state index contributed by atoms with van der Waals surface area (Å²) in [4.78, 5) is 21.5. The third-order valence-corrected chi connectivity index (χ3v) is 1.48. The Hall–Kier alpha value is -0.970. The lowest BCUT2D eigenvalue weighted by Gasteiger charge is -1.96. The van der Waals surface area contributed by atoms with Gasteiger partial charge in [-0.3, -0.25) is 9.36 Å². The van der Waals surface area contributed by atoms with Gasteiger partial charge in [0.15, 0.2) is 0 Å². The van der Waals surface area contributed by atoms with E-state index in [1.54, 1.807) is 0 Å². The molecule has 4 nitrogen and oxygen atoms in total. The molecule has 0 aliphatic carbocycles. The van der Waals surface area contributed by atoms with Gasteiger partial charge in [-0.25, -0.2) is 8.77 Å². The number of thiol groups is 1. The molecule has 5 heteroatoms. The quantitative estimate of drug-likeness (QED) is 0.504. The summed E-state index contributed by atoms with van der Waals surface area (Å²) >= 11 is 3.76. The van der Waals surface area contributed by atoms with Gasteiger partial charge in [-0.1, -0.05) is 12.8 Å². The van der Waals surface area contributed by atoms with E-state index in [1.807, 2.05) is 0 Å². The topological polar surface area (TPSA) is 44.0 Å². The second-order valence-corrected chi connectivity index (χ2v) is 2.27. The lowest BCUT2D eigenvalue weighted by Crippen LogP contribution is -2.33. The van der Waals surface area contributed by atoms with Gasteiger partial charge in [-0.2, -0.15) is 0 Å². The molecule has 10 heavy (non-hydrogen) atoms. The Kier molecular flexibility index (Phi) is 1.67. The molecule has 0 amide bonds. The molecule has 0 aliphatic rings. The number of nitrogens with zero attached hydrogens (tertiary/aromatic N) is 2. The number of hydrogen-bond acceptors (Lipinski definition) is 3. The van der Waals surface area contributed by atoms with Crippen LogP contribution < -0.4 is 11.2 Å². The zero-order valence-electron chi connectivity index (χ0n) is 5.31. The van der Waals surface area contributed by atoms with Crippen molar-refractivity contribution in [1.82, 2.24) is 8.54 Å². The first-order valence-corrected chi connectivity index (χ1v) is 3.01. The Morgan fingerprint density at radius 1 is 1.50 bits per heavy atom. The van der Waals surface area contributed by atoms with Crippen LogP contribution in [0.4, 0.5) is 0 Å². The molecule has 0 aliphatic heterocycles. The van der Waals surface area contributed by atoms with Crippen LogP contribution in [0.2, 0.25) is 0 Å². The van der Waals surface area contributed by atoms with Crippen LogP contribution in [0.5, 0.6) is 0 Å². The smallest absolute Gasteiger partial charge is 0.269 e. The molecular weight excluding hydrogens is 152 g/mol. The summed E-state index contributed by atoms with van der Waals surface area (Å²) < 4.78 is 2.02. The molecule has 1 aromatic rings.